The van der Waals surface area contributed by atoms with Crippen LogP contribution in [0.5, 0.6) is 0 Å². The van der Waals surface area contributed by atoms with Crippen molar-refractivity contribution in [3.05, 3.63) is 0 Å². The Bertz CT molecular complexity index is 155. The first-order valence-corrected chi connectivity index (χ1v) is 5.03. The van der Waals surface area contributed by atoms with E-state index < -0.39 is 12.1 Å². The number of hydrogen-bond acceptors (Lipinski definition) is 0. The van der Waals surface area contributed by atoms with Crippen LogP contribution in [0.2, 0.25) is 0 Å². The summed E-state index contributed by atoms with van der Waals surface area (Å²) in [5.74, 6) is -1.31. The van der Waals surface area contributed by atoms with Crippen molar-refractivity contribution in [2.24, 2.45) is 11.8 Å². The number of rotatable bonds is 0. The smallest absolute Gasteiger partial charge is 0.171 e. The molecular formula is C8H12BrF3. The summed E-state index contributed by atoms with van der Waals surface area (Å²) < 4.78 is 36.9. The van der Waals surface area contributed by atoms with E-state index in [2.05, 4.69) is 15.9 Å². The molecule has 0 heterocycles. The maximum absolute atomic E-state index is 12.3. The van der Waals surface area contributed by atoms with Crippen molar-refractivity contribution in [3.63, 3.8) is 0 Å². The second kappa shape index (κ2) is 3.56. The number of halogens is 4. The molecular weight excluding hydrogens is 233 g/mol. The van der Waals surface area contributed by atoms with Crippen molar-refractivity contribution in [2.75, 3.05) is 0 Å². The lowest BCUT2D eigenvalue weighted by Crippen LogP contribution is -2.34. The van der Waals surface area contributed by atoms with E-state index in [-0.39, 0.29) is 17.2 Å². The van der Waals surface area contributed by atoms with Crippen LogP contribution in [0.3, 0.4) is 0 Å². The average molecular weight is 245 g/mol. The van der Waals surface area contributed by atoms with Gasteiger partial charge in [-0.2, -0.15) is 13.2 Å². The van der Waals surface area contributed by atoms with Gasteiger partial charge in [0.15, 0.2) is 0 Å². The molecule has 0 saturated heterocycles. The Morgan fingerprint density at radius 2 is 1.83 bits per heavy atom. The van der Waals surface area contributed by atoms with Gasteiger partial charge in [0.25, 0.3) is 0 Å². The molecule has 0 N–H and O–H groups in total. The van der Waals surface area contributed by atoms with Gasteiger partial charge in [-0.25, -0.2) is 0 Å². The van der Waals surface area contributed by atoms with Crippen LogP contribution in [0.1, 0.15) is 26.2 Å². The highest BCUT2D eigenvalue weighted by Crippen LogP contribution is 2.42. The molecule has 1 fully saturated rings. The molecule has 0 spiro atoms. The van der Waals surface area contributed by atoms with Crippen molar-refractivity contribution >= 4 is 15.9 Å². The molecule has 1 aliphatic carbocycles. The fraction of sp³-hybridized carbons (Fsp3) is 1.00. The molecule has 3 unspecified atom stereocenters. The Balaban J connectivity index is 2.57. The van der Waals surface area contributed by atoms with Crippen LogP contribution in [0.25, 0.3) is 0 Å². The van der Waals surface area contributed by atoms with E-state index in [1.54, 1.807) is 6.92 Å². The fourth-order valence-electron chi connectivity index (χ4n) is 1.82. The highest BCUT2D eigenvalue weighted by atomic mass is 79.9. The topological polar surface area (TPSA) is 0 Å². The molecule has 0 aromatic rings. The predicted octanol–water partition coefficient (Wildman–Crippen LogP) is 3.75. The highest BCUT2D eigenvalue weighted by Gasteiger charge is 2.44. The summed E-state index contributed by atoms with van der Waals surface area (Å²) in [5, 5.41) is 0. The van der Waals surface area contributed by atoms with Crippen LogP contribution in [-0.2, 0) is 0 Å². The number of alkyl halides is 4. The van der Waals surface area contributed by atoms with Gasteiger partial charge in [-0.15, -0.1) is 0 Å². The molecule has 72 valence electrons. The zero-order valence-electron chi connectivity index (χ0n) is 6.87. The standard InChI is InChI=1S/C8H12BrF3/c1-5-4-6(9)2-3-7(5)8(10,11)12/h5-7H,2-4H2,1H3. The molecule has 0 aromatic heterocycles. The Labute approximate surface area is 78.7 Å². The van der Waals surface area contributed by atoms with Gasteiger partial charge in [0.05, 0.1) is 5.92 Å². The van der Waals surface area contributed by atoms with E-state index >= 15 is 0 Å². The first-order chi connectivity index (χ1) is 5.41. The van der Waals surface area contributed by atoms with E-state index in [1.165, 1.54) is 0 Å². The maximum Gasteiger partial charge on any atom is 0.392 e. The second-order valence-electron chi connectivity index (χ2n) is 3.54. The van der Waals surface area contributed by atoms with Gasteiger partial charge < -0.3 is 0 Å². The molecule has 1 saturated carbocycles. The van der Waals surface area contributed by atoms with E-state index in [9.17, 15) is 13.2 Å². The summed E-state index contributed by atoms with van der Waals surface area (Å²) in [6, 6.07) is 0. The first kappa shape index (κ1) is 10.4. The van der Waals surface area contributed by atoms with Crippen molar-refractivity contribution in [1.29, 1.82) is 0 Å². The summed E-state index contributed by atoms with van der Waals surface area (Å²) in [4.78, 5) is 0.283. The van der Waals surface area contributed by atoms with Crippen LogP contribution in [0.15, 0.2) is 0 Å². The molecule has 12 heavy (non-hydrogen) atoms. The molecule has 3 atom stereocenters. The van der Waals surface area contributed by atoms with Crippen molar-refractivity contribution < 1.29 is 13.2 Å². The Kier molecular flexibility index (Phi) is 3.07. The third kappa shape index (κ3) is 2.38. The van der Waals surface area contributed by atoms with E-state index in [1.807, 2.05) is 0 Å². The summed E-state index contributed by atoms with van der Waals surface area (Å²) in [7, 11) is 0. The molecule has 0 radical (unpaired) electrons. The summed E-state index contributed by atoms with van der Waals surface area (Å²) in [6.45, 7) is 1.69. The minimum Gasteiger partial charge on any atom is -0.171 e. The van der Waals surface area contributed by atoms with Gasteiger partial charge >= 0.3 is 6.18 Å². The zero-order chi connectivity index (χ0) is 9.35. The minimum atomic E-state index is -3.99. The van der Waals surface area contributed by atoms with Gasteiger partial charge in [-0.1, -0.05) is 22.9 Å². The zero-order valence-corrected chi connectivity index (χ0v) is 8.45. The molecule has 1 aliphatic rings. The van der Waals surface area contributed by atoms with Crippen LogP contribution in [0.4, 0.5) is 13.2 Å². The average Bonchev–Trinajstić information content (AvgIpc) is 1.83. The quantitative estimate of drug-likeness (QED) is 0.570. The SMILES string of the molecule is CC1CC(Br)CCC1C(F)(F)F. The van der Waals surface area contributed by atoms with Gasteiger partial charge in [0, 0.05) is 4.83 Å². The molecule has 4 heteroatoms. The van der Waals surface area contributed by atoms with Crippen LogP contribution in [0, 0.1) is 11.8 Å². The summed E-state index contributed by atoms with van der Waals surface area (Å²) in [6.07, 6.45) is -2.42. The summed E-state index contributed by atoms with van der Waals surface area (Å²) in [5.41, 5.74) is 0. The van der Waals surface area contributed by atoms with Crippen molar-refractivity contribution in [3.8, 4) is 0 Å². The van der Waals surface area contributed by atoms with Crippen molar-refractivity contribution in [2.45, 2.75) is 37.2 Å². The maximum atomic E-state index is 12.3. The first-order valence-electron chi connectivity index (χ1n) is 4.12. The van der Waals surface area contributed by atoms with E-state index in [0.717, 1.165) is 0 Å². The molecule has 0 nitrogen and oxygen atoms in total. The third-order valence-corrected chi connectivity index (χ3v) is 3.36. The summed E-state index contributed by atoms with van der Waals surface area (Å²) >= 11 is 3.36. The normalized spacial score (nSPS) is 38.2. The highest BCUT2D eigenvalue weighted by molar-refractivity contribution is 9.09. The van der Waals surface area contributed by atoms with Gasteiger partial charge in [0.2, 0.25) is 0 Å². The van der Waals surface area contributed by atoms with Crippen molar-refractivity contribution in [1.82, 2.24) is 0 Å². The minimum absolute atomic E-state index is 0.233. The Hall–Kier alpha value is 0.270. The van der Waals surface area contributed by atoms with Crippen LogP contribution < -0.4 is 0 Å². The van der Waals surface area contributed by atoms with E-state index in [4.69, 9.17) is 0 Å². The lowest BCUT2D eigenvalue weighted by atomic mass is 9.80. The largest absolute Gasteiger partial charge is 0.392 e. The lowest BCUT2D eigenvalue weighted by Gasteiger charge is -2.32. The van der Waals surface area contributed by atoms with Gasteiger partial charge in [-0.3, -0.25) is 0 Å². The van der Waals surface area contributed by atoms with Gasteiger partial charge in [0.1, 0.15) is 0 Å². The van der Waals surface area contributed by atoms with Gasteiger partial charge in [-0.05, 0) is 25.2 Å². The molecule has 0 bridgehead atoms. The Morgan fingerprint density at radius 3 is 2.25 bits per heavy atom. The third-order valence-electron chi connectivity index (χ3n) is 2.53. The lowest BCUT2D eigenvalue weighted by molar-refractivity contribution is -0.193. The van der Waals surface area contributed by atoms with Crippen LogP contribution >= 0.6 is 15.9 Å². The molecule has 0 aromatic carbocycles. The predicted molar refractivity (Wildman–Crippen MR) is 45.3 cm³/mol. The molecule has 1 rings (SSSR count). The monoisotopic (exact) mass is 244 g/mol. The Morgan fingerprint density at radius 1 is 1.25 bits per heavy atom. The number of hydrogen-bond donors (Lipinski definition) is 0. The molecule has 0 amide bonds. The second-order valence-corrected chi connectivity index (χ2v) is 4.83. The van der Waals surface area contributed by atoms with Crippen LogP contribution in [-0.4, -0.2) is 11.0 Å². The van der Waals surface area contributed by atoms with E-state index in [0.29, 0.717) is 12.8 Å². The fourth-order valence-corrected chi connectivity index (χ4v) is 2.67. The molecule has 0 aliphatic heterocycles.